The lowest BCUT2D eigenvalue weighted by Crippen LogP contribution is -2.44. The Morgan fingerprint density at radius 3 is 2.50 bits per heavy atom. The van der Waals surface area contributed by atoms with Crippen LogP contribution in [0, 0.1) is 0 Å². The van der Waals surface area contributed by atoms with Crippen LogP contribution in [0.1, 0.15) is 26.2 Å². The third-order valence-electron chi connectivity index (χ3n) is 2.62. The zero-order valence-electron chi connectivity index (χ0n) is 11.3. The summed E-state index contributed by atoms with van der Waals surface area (Å²) in [4.78, 5) is 34.0. The van der Waals surface area contributed by atoms with Crippen LogP contribution in [0.15, 0.2) is 0 Å². The quantitative estimate of drug-likeness (QED) is 0.295. The Morgan fingerprint density at radius 1 is 1.40 bits per heavy atom. The van der Waals surface area contributed by atoms with Crippen LogP contribution >= 0.6 is 25.4 Å². The van der Waals surface area contributed by atoms with Gasteiger partial charge in [-0.1, -0.05) is 12.8 Å². The monoisotopic (exact) mass is 323 g/mol. The largest absolute Gasteiger partial charge is 0.480 e. The third kappa shape index (κ3) is 7.01. The van der Waals surface area contributed by atoms with E-state index in [0.717, 1.165) is 10.7 Å². The van der Waals surface area contributed by atoms with Gasteiger partial charge < -0.3 is 16.2 Å². The van der Waals surface area contributed by atoms with Crippen LogP contribution in [0.4, 0.5) is 0 Å². The first-order valence-corrected chi connectivity index (χ1v) is 7.22. The van der Waals surface area contributed by atoms with Crippen LogP contribution in [-0.2, 0) is 14.4 Å². The van der Waals surface area contributed by atoms with Crippen molar-refractivity contribution in [1.82, 2.24) is 9.62 Å². The van der Waals surface area contributed by atoms with Crippen molar-refractivity contribution in [2.45, 2.75) is 38.3 Å². The molecule has 4 N–H and O–H groups in total. The average molecular weight is 323 g/mol. The second-order valence-corrected chi connectivity index (χ2v) is 5.14. The fraction of sp³-hybridized carbons (Fsp3) is 0.727. The lowest BCUT2D eigenvalue weighted by molar-refractivity contribution is -0.139. The molecule has 0 aliphatic heterocycles. The molecule has 0 rings (SSSR count). The predicted octanol–water partition coefficient (Wildman–Crippen LogP) is -0.323. The Balaban J connectivity index is 4.21. The van der Waals surface area contributed by atoms with E-state index in [9.17, 15) is 14.4 Å². The topological polar surface area (TPSA) is 113 Å². The molecular weight excluding hydrogens is 302 g/mol. The number of carbonyl (C=O) groups is 3. The molecule has 2 atom stereocenters. The number of carbonyl (C=O) groups excluding carboxylic acids is 2. The van der Waals surface area contributed by atoms with Crippen LogP contribution in [0.3, 0.4) is 0 Å². The summed E-state index contributed by atoms with van der Waals surface area (Å²) in [5.41, 5.74) is 5.30. The van der Waals surface area contributed by atoms with Crippen molar-refractivity contribution in [3.8, 4) is 0 Å². The molecule has 0 saturated carbocycles. The Bertz CT molecular complexity index is 355. The molecule has 0 aliphatic rings. The molecule has 0 aliphatic carbocycles. The van der Waals surface area contributed by atoms with E-state index in [1.165, 1.54) is 6.92 Å². The van der Waals surface area contributed by atoms with Crippen molar-refractivity contribution in [3.05, 3.63) is 0 Å². The van der Waals surface area contributed by atoms with Gasteiger partial charge in [0.1, 0.15) is 12.1 Å². The van der Waals surface area contributed by atoms with Crippen molar-refractivity contribution in [3.63, 3.8) is 0 Å². The molecular formula is C11H21N3O4S2. The highest BCUT2D eigenvalue weighted by Crippen LogP contribution is 2.08. The number of rotatable bonds is 9. The van der Waals surface area contributed by atoms with E-state index in [1.807, 2.05) is 0 Å². The number of hydrogen-bond acceptors (Lipinski definition) is 6. The molecule has 0 aromatic heterocycles. The Morgan fingerprint density at radius 2 is 2.00 bits per heavy atom. The number of hydrogen-bond donors (Lipinski definition) is 5. The van der Waals surface area contributed by atoms with Crippen molar-refractivity contribution >= 4 is 43.2 Å². The summed E-state index contributed by atoms with van der Waals surface area (Å²) in [6, 6.07) is -1.84. The number of carboxylic acid groups (broad SMARTS) is 1. The third-order valence-corrected chi connectivity index (χ3v) is 3.51. The molecule has 9 heteroatoms. The van der Waals surface area contributed by atoms with Crippen molar-refractivity contribution in [2.75, 3.05) is 12.3 Å². The Kier molecular flexibility index (Phi) is 9.43. The summed E-state index contributed by atoms with van der Waals surface area (Å²) < 4.78 is 0.991. The number of amides is 2. The maximum absolute atomic E-state index is 11.8. The summed E-state index contributed by atoms with van der Waals surface area (Å²) in [7, 11) is 0. The molecule has 0 radical (unpaired) electrons. The zero-order valence-corrected chi connectivity index (χ0v) is 13.1. The first-order valence-electron chi connectivity index (χ1n) is 6.19. The number of thiol groups is 2. The fourth-order valence-corrected chi connectivity index (χ4v) is 1.65. The predicted molar refractivity (Wildman–Crippen MR) is 81.6 cm³/mol. The van der Waals surface area contributed by atoms with E-state index in [2.05, 4.69) is 30.8 Å². The number of nitrogens with two attached hydrogens (primary N) is 1. The average Bonchev–Trinajstić information content (AvgIpc) is 2.42. The number of aliphatic carboxylic acids is 1. The summed E-state index contributed by atoms with van der Waals surface area (Å²) in [5.74, 6) is -1.27. The molecule has 0 heterocycles. The molecule has 0 aromatic carbocycles. The fourth-order valence-electron chi connectivity index (χ4n) is 1.28. The highest BCUT2D eigenvalue weighted by atomic mass is 32.1. The highest BCUT2D eigenvalue weighted by molar-refractivity contribution is 7.80. The van der Waals surface area contributed by atoms with Crippen molar-refractivity contribution < 1.29 is 19.5 Å². The molecule has 0 saturated heterocycles. The lowest BCUT2D eigenvalue weighted by atomic mass is 10.1. The van der Waals surface area contributed by atoms with Crippen LogP contribution in [0.25, 0.3) is 0 Å². The zero-order chi connectivity index (χ0) is 15.7. The van der Waals surface area contributed by atoms with Crippen LogP contribution in [-0.4, -0.2) is 51.6 Å². The van der Waals surface area contributed by atoms with Gasteiger partial charge in [0.15, 0.2) is 0 Å². The standard InChI is InChI=1S/C11H21N3O4S2/c1-7(10(16)13-5-2-6-19)14(20)9(15)4-3-8(12)11(17)18/h7-8,19-20H,2-6,12H2,1H3,(H,13,16)(H,17,18). The highest BCUT2D eigenvalue weighted by Gasteiger charge is 2.24. The van der Waals surface area contributed by atoms with E-state index in [4.69, 9.17) is 10.8 Å². The molecule has 2 unspecified atom stereocenters. The summed E-state index contributed by atoms with van der Waals surface area (Å²) >= 11 is 8.00. The minimum absolute atomic E-state index is 0.000775. The van der Waals surface area contributed by atoms with Gasteiger partial charge in [-0.2, -0.15) is 12.6 Å². The van der Waals surface area contributed by atoms with Crippen molar-refractivity contribution in [2.24, 2.45) is 5.73 Å². The molecule has 7 nitrogen and oxygen atoms in total. The van der Waals surface area contributed by atoms with E-state index in [1.54, 1.807) is 0 Å². The van der Waals surface area contributed by atoms with Gasteiger partial charge in [0.2, 0.25) is 11.8 Å². The van der Waals surface area contributed by atoms with Gasteiger partial charge in [-0.25, -0.2) is 0 Å². The second kappa shape index (κ2) is 9.89. The summed E-state index contributed by atoms with van der Waals surface area (Å²) in [6.07, 6.45) is 0.653. The van der Waals surface area contributed by atoms with Gasteiger partial charge >= 0.3 is 5.97 Å². The minimum Gasteiger partial charge on any atom is -0.480 e. The number of nitrogens with zero attached hydrogens (tertiary/aromatic N) is 1. The number of carboxylic acids is 1. The summed E-state index contributed by atoms with van der Waals surface area (Å²) in [5, 5.41) is 11.3. The minimum atomic E-state index is -1.17. The SMILES string of the molecule is CC(C(=O)NCCCS)N(S)C(=O)CCC(N)C(=O)O. The van der Waals surface area contributed by atoms with Gasteiger partial charge in [0, 0.05) is 13.0 Å². The maximum atomic E-state index is 11.8. The second-order valence-electron chi connectivity index (χ2n) is 4.27. The van der Waals surface area contributed by atoms with Gasteiger partial charge in [-0.3, -0.25) is 18.7 Å². The van der Waals surface area contributed by atoms with Crippen molar-refractivity contribution in [1.29, 1.82) is 0 Å². The molecule has 116 valence electrons. The number of nitrogens with one attached hydrogen (secondary N) is 1. The molecule has 0 bridgehead atoms. The van der Waals surface area contributed by atoms with E-state index in [-0.39, 0.29) is 18.7 Å². The van der Waals surface area contributed by atoms with Gasteiger partial charge in [-0.05, 0) is 25.5 Å². The maximum Gasteiger partial charge on any atom is 0.320 e. The smallest absolute Gasteiger partial charge is 0.320 e. The normalized spacial score (nSPS) is 13.4. The van der Waals surface area contributed by atoms with Gasteiger partial charge in [0.05, 0.1) is 0 Å². The van der Waals surface area contributed by atoms with Crippen LogP contribution in [0.5, 0.6) is 0 Å². The van der Waals surface area contributed by atoms with E-state index < -0.39 is 24.0 Å². The van der Waals surface area contributed by atoms with Gasteiger partial charge in [0.25, 0.3) is 0 Å². The van der Waals surface area contributed by atoms with E-state index in [0.29, 0.717) is 12.3 Å². The molecule has 0 fully saturated rings. The molecule has 0 spiro atoms. The molecule has 2 amide bonds. The Labute approximate surface area is 129 Å². The molecule has 0 aromatic rings. The van der Waals surface area contributed by atoms with E-state index >= 15 is 0 Å². The first kappa shape index (κ1) is 19.1. The molecule has 20 heavy (non-hydrogen) atoms. The first-order chi connectivity index (χ1) is 9.31. The van der Waals surface area contributed by atoms with Crippen LogP contribution in [0.2, 0.25) is 0 Å². The van der Waals surface area contributed by atoms with Gasteiger partial charge in [-0.15, -0.1) is 0 Å². The van der Waals surface area contributed by atoms with Crippen LogP contribution < -0.4 is 11.1 Å². The lowest BCUT2D eigenvalue weighted by Gasteiger charge is -2.23. The Hall–Kier alpha value is -0.930. The summed E-state index contributed by atoms with van der Waals surface area (Å²) in [6.45, 7) is 2.02.